The Kier molecular flexibility index (Phi) is 8.29. The Hall–Kier alpha value is -3.23. The summed E-state index contributed by atoms with van der Waals surface area (Å²) in [5.74, 6) is 0.272. The van der Waals surface area contributed by atoms with E-state index in [0.717, 1.165) is 49.1 Å². The molecular weight excluding hydrogens is 525 g/mol. The predicted molar refractivity (Wildman–Crippen MR) is 136 cm³/mol. The van der Waals surface area contributed by atoms with Gasteiger partial charge >= 0.3 is 0 Å². The first-order valence-electron chi connectivity index (χ1n) is 11.5. The van der Waals surface area contributed by atoms with Crippen LogP contribution in [-0.2, 0) is 4.79 Å². The summed E-state index contributed by atoms with van der Waals surface area (Å²) in [6.45, 7) is 3.36. The number of amides is 1. The minimum absolute atomic E-state index is 0.114. The second-order valence-corrected chi connectivity index (χ2v) is 10.5. The van der Waals surface area contributed by atoms with Crippen LogP contribution in [0.4, 0.5) is 19.0 Å². The number of carbonyl (C=O) groups excluding carboxylic acids is 1. The Bertz CT molecular complexity index is 1310. The molecule has 37 heavy (non-hydrogen) atoms. The average Bonchev–Trinajstić information content (AvgIpc) is 3.30. The van der Waals surface area contributed by atoms with Gasteiger partial charge in [0.05, 0.1) is 17.5 Å². The van der Waals surface area contributed by atoms with E-state index in [1.54, 1.807) is 12.3 Å². The summed E-state index contributed by atoms with van der Waals surface area (Å²) in [5.41, 5.74) is 0.952. The van der Waals surface area contributed by atoms with Gasteiger partial charge in [-0.3, -0.25) is 4.79 Å². The van der Waals surface area contributed by atoms with E-state index in [1.807, 2.05) is 29.8 Å². The van der Waals surface area contributed by atoms with E-state index in [9.17, 15) is 18.0 Å². The number of halogens is 4. The van der Waals surface area contributed by atoms with Gasteiger partial charge in [0.25, 0.3) is 6.43 Å². The van der Waals surface area contributed by atoms with Crippen LogP contribution in [-0.4, -0.2) is 45.1 Å². The fourth-order valence-corrected chi connectivity index (χ4v) is 5.40. The van der Waals surface area contributed by atoms with Crippen molar-refractivity contribution in [3.63, 3.8) is 0 Å². The van der Waals surface area contributed by atoms with Crippen LogP contribution in [0.25, 0.3) is 5.69 Å². The maximum Gasteiger partial charge on any atom is 0.265 e. The maximum atomic E-state index is 13.4. The molecule has 1 saturated carbocycles. The predicted octanol–water partition coefficient (Wildman–Crippen LogP) is 5.47. The Balaban J connectivity index is 0.000000342. The summed E-state index contributed by atoms with van der Waals surface area (Å²) in [7, 11) is 0. The van der Waals surface area contributed by atoms with Crippen molar-refractivity contribution < 1.29 is 18.0 Å². The summed E-state index contributed by atoms with van der Waals surface area (Å²) < 4.78 is 41.7. The van der Waals surface area contributed by atoms with Gasteiger partial charge < -0.3 is 10.2 Å². The van der Waals surface area contributed by atoms with Gasteiger partial charge in [0.1, 0.15) is 22.3 Å². The van der Waals surface area contributed by atoms with Crippen LogP contribution in [0.15, 0.2) is 47.5 Å². The molecule has 5 rings (SSSR count). The van der Waals surface area contributed by atoms with Crippen molar-refractivity contribution in [1.82, 2.24) is 20.1 Å². The van der Waals surface area contributed by atoms with E-state index < -0.39 is 17.8 Å². The first-order valence-corrected chi connectivity index (χ1v) is 12.8. The van der Waals surface area contributed by atoms with Gasteiger partial charge in [0.15, 0.2) is 0 Å². The number of nitriles is 1. The number of alkyl halides is 2. The van der Waals surface area contributed by atoms with Gasteiger partial charge in [-0.1, -0.05) is 11.6 Å². The van der Waals surface area contributed by atoms with E-state index >= 15 is 0 Å². The Morgan fingerprint density at radius 2 is 2.08 bits per heavy atom. The molecule has 1 saturated heterocycles. The number of benzene rings is 1. The molecule has 1 atom stereocenters. The molecule has 2 fully saturated rings. The highest BCUT2D eigenvalue weighted by Gasteiger charge is 2.42. The average molecular weight is 549 g/mol. The van der Waals surface area contributed by atoms with Crippen LogP contribution in [0.1, 0.15) is 36.9 Å². The number of aryl methyl sites for hydroxylation is 1. The van der Waals surface area contributed by atoms with Crippen molar-refractivity contribution in [2.75, 3.05) is 18.0 Å². The largest absolute Gasteiger partial charge is 0.355 e. The van der Waals surface area contributed by atoms with E-state index in [-0.39, 0.29) is 10.8 Å². The number of rotatable bonds is 7. The number of hydrogen-bond donors (Lipinski definition) is 1. The van der Waals surface area contributed by atoms with Gasteiger partial charge in [0.2, 0.25) is 6.41 Å². The molecule has 0 spiro atoms. The fourth-order valence-electron chi connectivity index (χ4n) is 3.96. The van der Waals surface area contributed by atoms with Crippen molar-refractivity contribution in [2.24, 2.45) is 0 Å². The third-order valence-corrected chi connectivity index (χ3v) is 7.59. The van der Waals surface area contributed by atoms with Crippen LogP contribution < -0.4 is 10.2 Å². The monoisotopic (exact) mass is 548 g/mol. The summed E-state index contributed by atoms with van der Waals surface area (Å²) in [4.78, 5) is 16.4. The van der Waals surface area contributed by atoms with Crippen LogP contribution in [0.3, 0.4) is 0 Å². The molecule has 0 bridgehead atoms. The second kappa shape index (κ2) is 11.4. The molecule has 3 heterocycles. The summed E-state index contributed by atoms with van der Waals surface area (Å²) in [6.07, 6.45) is 1.94. The smallest absolute Gasteiger partial charge is 0.265 e. The zero-order valence-electron chi connectivity index (χ0n) is 19.9. The number of thioether (sulfide) groups is 1. The third kappa shape index (κ3) is 6.56. The van der Waals surface area contributed by atoms with Gasteiger partial charge in [-0.05, 0) is 50.5 Å². The van der Waals surface area contributed by atoms with Crippen molar-refractivity contribution in [2.45, 2.75) is 48.3 Å². The number of aromatic nitrogens is 3. The highest BCUT2D eigenvalue weighted by molar-refractivity contribution is 8.00. The Morgan fingerprint density at radius 1 is 1.30 bits per heavy atom. The van der Waals surface area contributed by atoms with Gasteiger partial charge in [0, 0.05) is 47.1 Å². The molecule has 7 nitrogen and oxygen atoms in total. The lowest BCUT2D eigenvalue weighted by molar-refractivity contribution is -0.110. The molecule has 12 heteroatoms. The highest BCUT2D eigenvalue weighted by atomic mass is 35.5. The molecule has 1 amide bonds. The first kappa shape index (κ1) is 26.8. The lowest BCUT2D eigenvalue weighted by atomic mass is 10.2. The summed E-state index contributed by atoms with van der Waals surface area (Å²) in [6, 6.07) is 11.2. The molecule has 0 radical (unpaired) electrons. The summed E-state index contributed by atoms with van der Waals surface area (Å²) >= 11 is 7.40. The minimum Gasteiger partial charge on any atom is -0.355 e. The van der Waals surface area contributed by atoms with E-state index in [1.165, 1.54) is 23.9 Å². The Labute approximate surface area is 221 Å². The molecular formula is C25H24ClF3N6OS. The number of nitrogens with one attached hydrogen (secondary N) is 1. The van der Waals surface area contributed by atoms with E-state index in [2.05, 4.69) is 20.3 Å². The zero-order valence-corrected chi connectivity index (χ0v) is 21.4. The minimum atomic E-state index is -2.70. The number of anilines is 1. The van der Waals surface area contributed by atoms with E-state index in [4.69, 9.17) is 16.9 Å². The Morgan fingerprint density at radius 3 is 2.70 bits per heavy atom. The van der Waals surface area contributed by atoms with Gasteiger partial charge in [-0.2, -0.15) is 10.4 Å². The fraction of sp³-hybridized carbons (Fsp3) is 0.360. The molecule has 1 aliphatic heterocycles. The topological polar surface area (TPSA) is 86.8 Å². The maximum absolute atomic E-state index is 13.4. The molecule has 2 aliphatic rings. The van der Waals surface area contributed by atoms with Crippen LogP contribution >= 0.6 is 23.4 Å². The molecule has 3 aromatic rings. The van der Waals surface area contributed by atoms with Crippen molar-refractivity contribution in [3.8, 4) is 11.8 Å². The molecule has 194 valence electrons. The van der Waals surface area contributed by atoms with Crippen molar-refractivity contribution in [1.29, 1.82) is 5.26 Å². The van der Waals surface area contributed by atoms with Crippen LogP contribution in [0.2, 0.25) is 5.15 Å². The number of pyridine rings is 1. The van der Waals surface area contributed by atoms with Crippen LogP contribution in [0.5, 0.6) is 0 Å². The lowest BCUT2D eigenvalue weighted by Crippen LogP contribution is -2.27. The SMILES string of the molecule is Cc1cc(N2CCC(Sc3ccc(F)cc3C(F)F)C2)n(-c2ccnc(Cl)c2)n1.N#CC1(NC=O)CC1. The number of carbonyl (C=O) groups is 1. The molecule has 1 aliphatic carbocycles. The number of nitrogens with zero attached hydrogens (tertiary/aromatic N) is 5. The van der Waals surface area contributed by atoms with Crippen LogP contribution in [0, 0.1) is 24.1 Å². The highest BCUT2D eigenvalue weighted by Crippen LogP contribution is 2.38. The quantitative estimate of drug-likeness (QED) is 0.311. The molecule has 1 aromatic carbocycles. The van der Waals surface area contributed by atoms with Gasteiger partial charge in [-0.15, -0.1) is 11.8 Å². The second-order valence-electron chi connectivity index (χ2n) is 8.81. The van der Waals surface area contributed by atoms with Crippen molar-refractivity contribution in [3.05, 3.63) is 64.8 Å². The molecule has 2 aromatic heterocycles. The molecule has 1 N–H and O–H groups in total. The standard InChI is InChI=1S/C20H18ClF3N4S.C5H6N2O/c1-12-8-19(28(26-12)14-4-6-25-18(21)10-14)27-7-5-15(11-27)29-17-3-2-13(22)9-16(17)20(23)24;6-3-5(1-2-5)7-4-8/h2-4,6,8-10,15,20H,5,7,11H2,1H3;4H,1-2H2,(H,7,8). The third-order valence-electron chi connectivity index (χ3n) is 6.04. The molecule has 1 unspecified atom stereocenters. The van der Waals surface area contributed by atoms with Crippen molar-refractivity contribution >= 4 is 35.6 Å². The zero-order chi connectivity index (χ0) is 26.6. The first-order chi connectivity index (χ1) is 17.7. The van der Waals surface area contributed by atoms with E-state index in [0.29, 0.717) is 23.0 Å². The lowest BCUT2D eigenvalue weighted by Gasteiger charge is -2.20. The number of hydrogen-bond acceptors (Lipinski definition) is 6. The van der Waals surface area contributed by atoms with Gasteiger partial charge in [-0.25, -0.2) is 22.8 Å². The summed E-state index contributed by atoms with van der Waals surface area (Å²) in [5, 5.41) is 15.8. The normalized spacial score (nSPS) is 17.6.